The predicted molar refractivity (Wildman–Crippen MR) is 59.3 cm³/mol. The van der Waals surface area contributed by atoms with E-state index in [1.54, 1.807) is 6.92 Å². The third-order valence-electron chi connectivity index (χ3n) is 1.97. The molecule has 1 unspecified atom stereocenters. The van der Waals surface area contributed by atoms with Crippen LogP contribution in [0, 0.1) is 0 Å². The van der Waals surface area contributed by atoms with Crippen molar-refractivity contribution in [1.29, 1.82) is 0 Å². The van der Waals surface area contributed by atoms with Gasteiger partial charge in [0.05, 0.1) is 6.10 Å². The molecule has 0 heterocycles. The number of hydrogen-bond donors (Lipinski definition) is 0. The molecule has 0 aliphatic carbocycles. The smallest absolute Gasteiger partial charge is 0.259 e. The van der Waals surface area contributed by atoms with Crippen molar-refractivity contribution in [2.24, 2.45) is 0 Å². The lowest BCUT2D eigenvalue weighted by atomic mass is 10.2. The van der Waals surface area contributed by atoms with Crippen molar-refractivity contribution in [3.63, 3.8) is 0 Å². The van der Waals surface area contributed by atoms with Crippen LogP contribution in [0.1, 0.15) is 40.0 Å². The van der Waals surface area contributed by atoms with Gasteiger partial charge in [-0.3, -0.25) is 0 Å². The molecule has 0 aliphatic rings. The maximum Gasteiger partial charge on any atom is 0.259 e. The normalized spacial score (nSPS) is 15.1. The molecule has 0 aromatic carbocycles. The molecule has 0 N–H and O–H groups in total. The van der Waals surface area contributed by atoms with Crippen molar-refractivity contribution >= 4 is 9.84 Å². The van der Waals surface area contributed by atoms with Gasteiger partial charge in [0, 0.05) is 6.92 Å². The first-order chi connectivity index (χ1) is 7.16. The molecule has 16 heavy (non-hydrogen) atoms. The summed E-state index contributed by atoms with van der Waals surface area (Å²) in [6, 6.07) is 0. The van der Waals surface area contributed by atoms with Gasteiger partial charge in [0.25, 0.3) is 5.92 Å². The van der Waals surface area contributed by atoms with Gasteiger partial charge < -0.3 is 4.74 Å². The monoisotopic (exact) mass is 258 g/mol. The van der Waals surface area contributed by atoms with E-state index in [1.165, 1.54) is 0 Å². The van der Waals surface area contributed by atoms with E-state index in [0.717, 1.165) is 19.3 Å². The summed E-state index contributed by atoms with van der Waals surface area (Å²) in [6.07, 6.45) is 2.47. The van der Waals surface area contributed by atoms with Crippen LogP contribution >= 0.6 is 0 Å². The number of rotatable bonds is 8. The van der Waals surface area contributed by atoms with Crippen molar-refractivity contribution < 1.29 is 21.9 Å². The second kappa shape index (κ2) is 6.49. The van der Waals surface area contributed by atoms with Crippen molar-refractivity contribution in [3.8, 4) is 0 Å². The summed E-state index contributed by atoms with van der Waals surface area (Å²) in [4.78, 5) is 0. The zero-order valence-electron chi connectivity index (χ0n) is 10.0. The lowest BCUT2D eigenvalue weighted by Gasteiger charge is -2.14. The van der Waals surface area contributed by atoms with Gasteiger partial charge in [0.15, 0.2) is 9.84 Å². The quantitative estimate of drug-likeness (QED) is 0.672. The van der Waals surface area contributed by atoms with E-state index < -0.39 is 27.5 Å². The van der Waals surface area contributed by atoms with E-state index in [0.29, 0.717) is 6.92 Å². The lowest BCUT2D eigenvalue weighted by molar-refractivity contribution is 0.0446. The SMILES string of the molecule is CCCCC(C)OCS(=O)(=O)CC(C)(F)F. The Morgan fingerprint density at radius 2 is 1.94 bits per heavy atom. The third kappa shape index (κ3) is 9.03. The number of alkyl halides is 2. The van der Waals surface area contributed by atoms with E-state index in [2.05, 4.69) is 0 Å². The Labute approximate surface area is 96.1 Å². The molecule has 0 aromatic heterocycles. The average Bonchev–Trinajstić information content (AvgIpc) is 2.07. The van der Waals surface area contributed by atoms with E-state index >= 15 is 0 Å². The Bertz CT molecular complexity index is 283. The standard InChI is InChI=1S/C10H20F2O3S/c1-4-5-6-9(2)15-8-16(13,14)7-10(3,11)12/h9H,4-8H2,1-3H3. The van der Waals surface area contributed by atoms with Crippen LogP contribution in [-0.4, -0.2) is 32.1 Å². The molecule has 0 fully saturated rings. The average molecular weight is 258 g/mol. The van der Waals surface area contributed by atoms with Crippen LogP contribution in [0.25, 0.3) is 0 Å². The Morgan fingerprint density at radius 1 is 1.38 bits per heavy atom. The molecule has 98 valence electrons. The van der Waals surface area contributed by atoms with Crippen molar-refractivity contribution in [2.45, 2.75) is 52.1 Å². The molecule has 6 heteroatoms. The van der Waals surface area contributed by atoms with Crippen LogP contribution in [0.15, 0.2) is 0 Å². The number of sulfone groups is 1. The topological polar surface area (TPSA) is 43.4 Å². The highest BCUT2D eigenvalue weighted by atomic mass is 32.2. The summed E-state index contributed by atoms with van der Waals surface area (Å²) in [5.41, 5.74) is 0. The number of hydrogen-bond acceptors (Lipinski definition) is 3. The van der Waals surface area contributed by atoms with Gasteiger partial charge in [0.2, 0.25) is 0 Å². The fourth-order valence-corrected chi connectivity index (χ4v) is 2.52. The van der Waals surface area contributed by atoms with E-state index in [4.69, 9.17) is 4.74 Å². The summed E-state index contributed by atoms with van der Waals surface area (Å²) in [5, 5.41) is 0. The largest absolute Gasteiger partial charge is 0.363 e. The van der Waals surface area contributed by atoms with Gasteiger partial charge in [-0.25, -0.2) is 17.2 Å². The number of halogens is 2. The van der Waals surface area contributed by atoms with Gasteiger partial charge in [-0.2, -0.15) is 0 Å². The first kappa shape index (κ1) is 15.8. The minimum atomic E-state index is -3.83. The maximum absolute atomic E-state index is 12.5. The molecule has 0 aliphatic heterocycles. The second-order valence-electron chi connectivity index (χ2n) is 4.20. The Kier molecular flexibility index (Phi) is 6.40. The Morgan fingerprint density at radius 3 is 2.38 bits per heavy atom. The van der Waals surface area contributed by atoms with Crippen molar-refractivity contribution in [2.75, 3.05) is 11.7 Å². The summed E-state index contributed by atoms with van der Waals surface area (Å²) < 4.78 is 52.5. The summed E-state index contributed by atoms with van der Waals surface area (Å²) in [5.74, 6) is -4.98. The molecule has 0 amide bonds. The molecule has 1 atom stereocenters. The molecule has 0 saturated carbocycles. The fourth-order valence-electron chi connectivity index (χ4n) is 1.22. The van der Waals surface area contributed by atoms with Crippen molar-refractivity contribution in [3.05, 3.63) is 0 Å². The van der Waals surface area contributed by atoms with Crippen molar-refractivity contribution in [1.82, 2.24) is 0 Å². The minimum Gasteiger partial charge on any atom is -0.363 e. The highest BCUT2D eigenvalue weighted by Crippen LogP contribution is 2.15. The molecular formula is C10H20F2O3S. The van der Waals surface area contributed by atoms with Gasteiger partial charge in [-0.1, -0.05) is 19.8 Å². The number of unbranched alkanes of at least 4 members (excludes halogenated alkanes) is 1. The van der Waals surface area contributed by atoms with Gasteiger partial charge >= 0.3 is 0 Å². The Balaban J connectivity index is 4.00. The van der Waals surface area contributed by atoms with Crippen LogP contribution in [0.3, 0.4) is 0 Å². The first-order valence-corrected chi connectivity index (χ1v) is 7.18. The third-order valence-corrected chi connectivity index (χ3v) is 3.41. The zero-order valence-corrected chi connectivity index (χ0v) is 10.8. The Hall–Kier alpha value is -0.230. The molecular weight excluding hydrogens is 238 g/mol. The van der Waals surface area contributed by atoms with Crippen LogP contribution in [0.2, 0.25) is 0 Å². The van der Waals surface area contributed by atoms with Gasteiger partial charge in [0.1, 0.15) is 11.7 Å². The van der Waals surface area contributed by atoms with Crippen LogP contribution in [0.5, 0.6) is 0 Å². The fraction of sp³-hybridized carbons (Fsp3) is 1.00. The van der Waals surface area contributed by atoms with Crippen LogP contribution in [-0.2, 0) is 14.6 Å². The summed E-state index contributed by atoms with van der Waals surface area (Å²) in [6.45, 7) is 4.35. The molecule has 0 aromatic rings. The molecule has 0 saturated heterocycles. The predicted octanol–water partition coefficient (Wildman–Crippen LogP) is 2.61. The minimum absolute atomic E-state index is 0.208. The molecule has 0 rings (SSSR count). The van der Waals surface area contributed by atoms with E-state index in [1.807, 2.05) is 6.92 Å². The molecule has 0 radical (unpaired) electrons. The maximum atomic E-state index is 12.5. The molecule has 0 spiro atoms. The molecule has 3 nitrogen and oxygen atoms in total. The zero-order chi connectivity index (χ0) is 12.8. The van der Waals surface area contributed by atoms with E-state index in [9.17, 15) is 17.2 Å². The summed E-state index contributed by atoms with van der Waals surface area (Å²) in [7, 11) is -3.83. The van der Waals surface area contributed by atoms with E-state index in [-0.39, 0.29) is 6.10 Å². The highest BCUT2D eigenvalue weighted by molar-refractivity contribution is 7.91. The van der Waals surface area contributed by atoms with Crippen LogP contribution in [0.4, 0.5) is 8.78 Å². The number of ether oxygens (including phenoxy) is 1. The van der Waals surface area contributed by atoms with Crippen LogP contribution < -0.4 is 0 Å². The molecule has 0 bridgehead atoms. The van der Waals surface area contributed by atoms with Gasteiger partial charge in [-0.05, 0) is 13.3 Å². The summed E-state index contributed by atoms with van der Waals surface area (Å²) >= 11 is 0. The van der Waals surface area contributed by atoms with Gasteiger partial charge in [-0.15, -0.1) is 0 Å². The second-order valence-corrected chi connectivity index (χ2v) is 6.21. The lowest BCUT2D eigenvalue weighted by Crippen LogP contribution is -2.28. The first-order valence-electron chi connectivity index (χ1n) is 5.36. The highest BCUT2D eigenvalue weighted by Gasteiger charge is 2.30.